The number of nitrogens with zero attached hydrogens (tertiary/aromatic N) is 2. The minimum absolute atomic E-state index is 0.148. The van der Waals surface area contributed by atoms with Gasteiger partial charge in [0.1, 0.15) is 0 Å². The van der Waals surface area contributed by atoms with Crippen LogP contribution < -0.4 is 5.32 Å². The van der Waals surface area contributed by atoms with Crippen LogP contribution in [0.2, 0.25) is 0 Å². The van der Waals surface area contributed by atoms with Gasteiger partial charge in [-0.3, -0.25) is 4.79 Å². The summed E-state index contributed by atoms with van der Waals surface area (Å²) in [4.78, 5) is 12.5. The van der Waals surface area contributed by atoms with Gasteiger partial charge >= 0.3 is 0 Å². The molecule has 0 bridgehead atoms. The predicted molar refractivity (Wildman–Crippen MR) is 115 cm³/mol. The highest BCUT2D eigenvalue weighted by Crippen LogP contribution is 2.16. The SMILES string of the molecule is CN(C)S(=O)(=O)c1ccc(CCC(=O)NCc2ccc(S(=O)(=O)N(C)C)cc2)cc1. The molecule has 0 heterocycles. The summed E-state index contributed by atoms with van der Waals surface area (Å²) in [5.41, 5.74) is 1.65. The fourth-order valence-electron chi connectivity index (χ4n) is 2.58. The van der Waals surface area contributed by atoms with E-state index in [4.69, 9.17) is 0 Å². The summed E-state index contributed by atoms with van der Waals surface area (Å²) in [6.07, 6.45) is 0.737. The van der Waals surface area contributed by atoms with Gasteiger partial charge < -0.3 is 5.32 Å². The quantitative estimate of drug-likeness (QED) is 0.619. The zero-order valence-electron chi connectivity index (χ0n) is 17.5. The maximum absolute atomic E-state index is 12.1. The molecule has 0 atom stereocenters. The van der Waals surface area contributed by atoms with E-state index in [2.05, 4.69) is 5.32 Å². The van der Waals surface area contributed by atoms with Crippen LogP contribution in [0.4, 0.5) is 0 Å². The summed E-state index contributed by atoms with van der Waals surface area (Å²) >= 11 is 0. The van der Waals surface area contributed by atoms with Crippen LogP contribution >= 0.6 is 0 Å². The zero-order valence-corrected chi connectivity index (χ0v) is 19.1. The highest BCUT2D eigenvalue weighted by atomic mass is 32.2. The Morgan fingerprint density at radius 2 is 1.13 bits per heavy atom. The van der Waals surface area contributed by atoms with E-state index < -0.39 is 20.0 Å². The van der Waals surface area contributed by atoms with Crippen LogP contribution in [0.5, 0.6) is 0 Å². The normalized spacial score (nSPS) is 12.3. The molecule has 0 fully saturated rings. The topological polar surface area (TPSA) is 104 Å². The van der Waals surface area contributed by atoms with E-state index in [0.29, 0.717) is 13.0 Å². The Labute approximate surface area is 178 Å². The highest BCUT2D eigenvalue weighted by Gasteiger charge is 2.17. The summed E-state index contributed by atoms with van der Waals surface area (Å²) in [7, 11) is -1.05. The molecule has 1 amide bonds. The summed E-state index contributed by atoms with van der Waals surface area (Å²) in [6.45, 7) is 0.293. The van der Waals surface area contributed by atoms with Gasteiger partial charge in [-0.15, -0.1) is 0 Å². The van der Waals surface area contributed by atoms with Crippen molar-refractivity contribution in [1.29, 1.82) is 0 Å². The standard InChI is InChI=1S/C20H27N3O5S2/c1-22(2)29(25,26)18-10-5-16(6-11-18)9-14-20(24)21-15-17-7-12-19(13-8-17)30(27,28)23(3)4/h5-8,10-13H,9,14-15H2,1-4H3,(H,21,24). The average molecular weight is 454 g/mol. The number of hydrogen-bond acceptors (Lipinski definition) is 5. The van der Waals surface area contributed by atoms with Crippen molar-refractivity contribution in [3.63, 3.8) is 0 Å². The fraction of sp³-hybridized carbons (Fsp3) is 0.350. The number of rotatable bonds is 9. The Morgan fingerprint density at radius 1 is 0.733 bits per heavy atom. The van der Waals surface area contributed by atoms with E-state index in [1.165, 1.54) is 52.5 Å². The van der Waals surface area contributed by atoms with Gasteiger partial charge in [-0.1, -0.05) is 24.3 Å². The van der Waals surface area contributed by atoms with Crippen LogP contribution in [-0.2, 0) is 37.8 Å². The average Bonchev–Trinajstić information content (AvgIpc) is 2.71. The summed E-state index contributed by atoms with van der Waals surface area (Å²) in [5.74, 6) is -0.148. The van der Waals surface area contributed by atoms with Crippen LogP contribution in [-0.4, -0.2) is 59.5 Å². The molecule has 0 saturated heterocycles. The number of carbonyl (C=O) groups excluding carboxylic acids is 1. The first-order valence-electron chi connectivity index (χ1n) is 9.24. The molecule has 10 heteroatoms. The molecular formula is C20H27N3O5S2. The van der Waals surface area contributed by atoms with Gasteiger partial charge in [0, 0.05) is 41.2 Å². The molecule has 2 rings (SSSR count). The van der Waals surface area contributed by atoms with E-state index in [1.807, 2.05) is 0 Å². The lowest BCUT2D eigenvalue weighted by Crippen LogP contribution is -2.24. The van der Waals surface area contributed by atoms with Crippen molar-refractivity contribution in [3.8, 4) is 0 Å². The smallest absolute Gasteiger partial charge is 0.242 e. The fourth-order valence-corrected chi connectivity index (χ4v) is 4.38. The first-order chi connectivity index (χ1) is 13.9. The number of aryl methyl sites for hydroxylation is 1. The Kier molecular flexibility index (Phi) is 7.75. The molecule has 0 saturated carbocycles. The lowest BCUT2D eigenvalue weighted by molar-refractivity contribution is -0.121. The van der Waals surface area contributed by atoms with Gasteiger partial charge in [-0.25, -0.2) is 25.4 Å². The van der Waals surface area contributed by atoms with Gasteiger partial charge in [0.25, 0.3) is 0 Å². The van der Waals surface area contributed by atoms with Crippen LogP contribution in [0.3, 0.4) is 0 Å². The largest absolute Gasteiger partial charge is 0.352 e. The Bertz CT molecular complexity index is 989. The minimum atomic E-state index is -3.48. The molecule has 0 aliphatic heterocycles. The molecule has 30 heavy (non-hydrogen) atoms. The molecular weight excluding hydrogens is 426 g/mol. The van der Waals surface area contributed by atoms with Crippen molar-refractivity contribution in [2.24, 2.45) is 0 Å². The second-order valence-corrected chi connectivity index (χ2v) is 11.4. The van der Waals surface area contributed by atoms with Gasteiger partial charge in [-0.05, 0) is 41.8 Å². The zero-order chi connectivity index (χ0) is 22.5. The van der Waals surface area contributed by atoms with Crippen molar-refractivity contribution in [1.82, 2.24) is 13.9 Å². The molecule has 2 aromatic rings. The van der Waals surface area contributed by atoms with Gasteiger partial charge in [0.05, 0.1) is 9.79 Å². The van der Waals surface area contributed by atoms with Crippen LogP contribution in [0.25, 0.3) is 0 Å². The lowest BCUT2D eigenvalue weighted by Gasteiger charge is -2.12. The Morgan fingerprint density at radius 3 is 1.53 bits per heavy atom. The van der Waals surface area contributed by atoms with Crippen molar-refractivity contribution in [2.75, 3.05) is 28.2 Å². The monoisotopic (exact) mass is 453 g/mol. The van der Waals surface area contributed by atoms with Gasteiger partial charge in [0.15, 0.2) is 0 Å². The highest BCUT2D eigenvalue weighted by molar-refractivity contribution is 7.89. The molecule has 1 N–H and O–H groups in total. The Balaban J connectivity index is 1.87. The number of sulfonamides is 2. The summed E-state index contributed by atoms with van der Waals surface area (Å²) in [5, 5.41) is 2.80. The maximum atomic E-state index is 12.1. The van der Waals surface area contributed by atoms with E-state index in [1.54, 1.807) is 24.3 Å². The van der Waals surface area contributed by atoms with Crippen molar-refractivity contribution in [3.05, 3.63) is 59.7 Å². The lowest BCUT2D eigenvalue weighted by atomic mass is 10.1. The molecule has 0 aliphatic rings. The molecule has 8 nitrogen and oxygen atoms in total. The Hall–Kier alpha value is -2.27. The predicted octanol–water partition coefficient (Wildman–Crippen LogP) is 1.44. The molecule has 0 aliphatic carbocycles. The van der Waals surface area contributed by atoms with Crippen LogP contribution in [0.1, 0.15) is 17.5 Å². The first-order valence-corrected chi connectivity index (χ1v) is 12.1. The molecule has 2 aromatic carbocycles. The van der Waals surface area contributed by atoms with E-state index >= 15 is 0 Å². The number of benzene rings is 2. The summed E-state index contributed by atoms with van der Waals surface area (Å²) in [6, 6.07) is 12.8. The van der Waals surface area contributed by atoms with E-state index in [9.17, 15) is 21.6 Å². The second-order valence-electron chi connectivity index (χ2n) is 7.14. The third-order valence-corrected chi connectivity index (χ3v) is 8.19. The van der Waals surface area contributed by atoms with E-state index in [-0.39, 0.29) is 22.1 Å². The van der Waals surface area contributed by atoms with Crippen LogP contribution in [0, 0.1) is 0 Å². The second kappa shape index (κ2) is 9.69. The maximum Gasteiger partial charge on any atom is 0.242 e. The number of nitrogens with one attached hydrogen (secondary N) is 1. The molecule has 0 radical (unpaired) electrons. The molecule has 0 aromatic heterocycles. The number of hydrogen-bond donors (Lipinski definition) is 1. The first kappa shape index (κ1) is 24.0. The van der Waals surface area contributed by atoms with Crippen molar-refractivity contribution in [2.45, 2.75) is 29.2 Å². The van der Waals surface area contributed by atoms with E-state index in [0.717, 1.165) is 19.7 Å². The number of amides is 1. The molecule has 0 spiro atoms. The third kappa shape index (κ3) is 5.88. The molecule has 164 valence electrons. The van der Waals surface area contributed by atoms with Crippen molar-refractivity contribution >= 4 is 26.0 Å². The van der Waals surface area contributed by atoms with Gasteiger partial charge in [-0.2, -0.15) is 0 Å². The number of carbonyl (C=O) groups is 1. The van der Waals surface area contributed by atoms with Crippen LogP contribution in [0.15, 0.2) is 58.3 Å². The van der Waals surface area contributed by atoms with Crippen molar-refractivity contribution < 1.29 is 21.6 Å². The minimum Gasteiger partial charge on any atom is -0.352 e. The van der Waals surface area contributed by atoms with Gasteiger partial charge in [0.2, 0.25) is 26.0 Å². The third-order valence-electron chi connectivity index (χ3n) is 4.53. The summed E-state index contributed by atoms with van der Waals surface area (Å²) < 4.78 is 50.5. The molecule has 0 unspecified atom stereocenters.